The van der Waals surface area contributed by atoms with E-state index in [1.54, 1.807) is 45.3 Å². The van der Waals surface area contributed by atoms with Crippen molar-refractivity contribution in [1.82, 2.24) is 4.98 Å². The number of anilines is 1. The number of hydrogen-bond donors (Lipinski definition) is 2. The molecule has 0 saturated heterocycles. The topological polar surface area (TPSA) is 89.9 Å². The Hall–Kier alpha value is -1.86. The molecule has 0 unspecified atom stereocenters. The molecule has 26 heavy (non-hydrogen) atoms. The first-order chi connectivity index (χ1) is 12.4. The first-order valence-electron chi connectivity index (χ1n) is 8.09. The number of phenols is 1. The van der Waals surface area contributed by atoms with Crippen LogP contribution in [-0.2, 0) is 13.6 Å². The van der Waals surface area contributed by atoms with Crippen LogP contribution in [0.25, 0.3) is 5.31 Å². The molecule has 0 aliphatic carbocycles. The molecule has 7 nitrogen and oxygen atoms in total. The number of thiazole rings is 1. The minimum Gasteiger partial charge on any atom is -0.504 e. The van der Waals surface area contributed by atoms with Crippen molar-refractivity contribution in [2.45, 2.75) is 20.8 Å². The van der Waals surface area contributed by atoms with Crippen molar-refractivity contribution in [2.24, 2.45) is 0 Å². The Morgan fingerprint density at radius 3 is 2.58 bits per heavy atom. The zero-order valence-electron chi connectivity index (χ0n) is 15.2. The summed E-state index contributed by atoms with van der Waals surface area (Å²) in [6.07, 6.45) is 3.23. The van der Waals surface area contributed by atoms with E-state index < -0.39 is 7.60 Å². The van der Waals surface area contributed by atoms with Crippen LogP contribution < -0.4 is 10.1 Å². The van der Waals surface area contributed by atoms with Crippen LogP contribution >= 0.6 is 18.9 Å². The van der Waals surface area contributed by atoms with Gasteiger partial charge in [0.15, 0.2) is 16.6 Å². The van der Waals surface area contributed by atoms with Gasteiger partial charge in [0, 0.05) is 17.8 Å². The van der Waals surface area contributed by atoms with Crippen LogP contribution in [-0.4, -0.2) is 30.4 Å². The highest BCUT2D eigenvalue weighted by molar-refractivity contribution is 7.65. The molecule has 0 aliphatic heterocycles. The highest BCUT2D eigenvalue weighted by Gasteiger charge is 2.32. The summed E-state index contributed by atoms with van der Waals surface area (Å²) in [6, 6.07) is 3.31. The standard InChI is InChI=1S/C17H23N2O5PS/c1-5-23-25(21,24-6-2)15(11-19-17-18-7-8-26-17)13-9-12(3)16(20)14(10-13)22-4/h7-11,20H,5-6H2,1-4H3,(H,18,19)/b15-11+. The number of nitrogens with zero attached hydrogens (tertiary/aromatic N) is 1. The molecule has 0 spiro atoms. The summed E-state index contributed by atoms with van der Waals surface area (Å²) >= 11 is 1.41. The van der Waals surface area contributed by atoms with E-state index in [1.807, 2.05) is 5.38 Å². The molecule has 0 atom stereocenters. The van der Waals surface area contributed by atoms with Gasteiger partial charge in [-0.15, -0.1) is 11.3 Å². The maximum Gasteiger partial charge on any atom is 0.363 e. The molecule has 1 heterocycles. The van der Waals surface area contributed by atoms with Crippen LogP contribution in [0.2, 0.25) is 0 Å². The fourth-order valence-corrected chi connectivity index (χ4v) is 4.51. The second kappa shape index (κ2) is 9.19. The molecule has 2 aromatic rings. The van der Waals surface area contributed by atoms with Crippen molar-refractivity contribution in [3.63, 3.8) is 0 Å². The molecule has 0 radical (unpaired) electrons. The van der Waals surface area contributed by atoms with Gasteiger partial charge in [0.1, 0.15) is 0 Å². The third-order valence-electron chi connectivity index (χ3n) is 3.44. The zero-order valence-corrected chi connectivity index (χ0v) is 16.9. The van der Waals surface area contributed by atoms with E-state index >= 15 is 0 Å². The van der Waals surface area contributed by atoms with Crippen LogP contribution in [0.15, 0.2) is 29.9 Å². The van der Waals surface area contributed by atoms with Gasteiger partial charge in [0.05, 0.1) is 25.6 Å². The summed E-state index contributed by atoms with van der Waals surface area (Å²) < 4.78 is 29.6. The Kier molecular flexibility index (Phi) is 7.23. The molecule has 0 bridgehead atoms. The first-order valence-corrected chi connectivity index (χ1v) is 10.5. The highest BCUT2D eigenvalue weighted by atomic mass is 32.1. The van der Waals surface area contributed by atoms with Crippen molar-refractivity contribution >= 4 is 29.4 Å². The second-order valence-corrected chi connectivity index (χ2v) is 8.08. The minimum atomic E-state index is -3.60. The molecule has 9 heteroatoms. The van der Waals surface area contributed by atoms with Crippen molar-refractivity contribution in [1.29, 1.82) is 0 Å². The van der Waals surface area contributed by atoms with E-state index in [1.165, 1.54) is 18.4 Å². The smallest absolute Gasteiger partial charge is 0.363 e. The number of aromatic nitrogens is 1. The number of rotatable bonds is 9. The minimum absolute atomic E-state index is 0.0335. The molecule has 2 N–H and O–H groups in total. The number of ether oxygens (including phenoxy) is 1. The largest absolute Gasteiger partial charge is 0.504 e. The summed E-state index contributed by atoms with van der Waals surface area (Å²) in [4.78, 5) is 4.15. The normalized spacial score (nSPS) is 12.2. The van der Waals surface area contributed by atoms with Gasteiger partial charge in [-0.1, -0.05) is 0 Å². The molecular formula is C17H23N2O5PS. The Balaban J connectivity index is 2.58. The zero-order chi connectivity index (χ0) is 19.2. The van der Waals surface area contributed by atoms with E-state index in [0.29, 0.717) is 21.6 Å². The third-order valence-corrected chi connectivity index (χ3v) is 6.32. The lowest BCUT2D eigenvalue weighted by atomic mass is 10.1. The fraction of sp³-hybridized carbons (Fsp3) is 0.353. The maximum atomic E-state index is 13.4. The number of nitrogens with one attached hydrogen (secondary N) is 1. The van der Waals surface area contributed by atoms with E-state index in [4.69, 9.17) is 13.8 Å². The van der Waals surface area contributed by atoms with Gasteiger partial charge in [-0.05, 0) is 44.0 Å². The van der Waals surface area contributed by atoms with Gasteiger partial charge in [-0.3, -0.25) is 4.57 Å². The number of phenolic OH excluding ortho intramolecular Hbond substituents is 1. The Bertz CT molecular complexity index is 798. The molecule has 2 rings (SSSR count). The molecule has 0 amide bonds. The Morgan fingerprint density at radius 1 is 1.35 bits per heavy atom. The van der Waals surface area contributed by atoms with Crippen LogP contribution in [0.5, 0.6) is 11.5 Å². The lowest BCUT2D eigenvalue weighted by Crippen LogP contribution is -2.02. The van der Waals surface area contributed by atoms with E-state index in [0.717, 1.165) is 0 Å². The molecule has 142 valence electrons. The second-order valence-electron chi connectivity index (χ2n) is 5.19. The van der Waals surface area contributed by atoms with Crippen LogP contribution in [0, 0.1) is 6.92 Å². The van der Waals surface area contributed by atoms with Crippen LogP contribution in [0.1, 0.15) is 25.0 Å². The van der Waals surface area contributed by atoms with Gasteiger partial charge >= 0.3 is 7.60 Å². The number of aromatic hydroxyl groups is 1. The number of benzene rings is 1. The Labute approximate surface area is 157 Å². The summed E-state index contributed by atoms with van der Waals surface area (Å²) in [6.45, 7) is 5.68. The summed E-state index contributed by atoms with van der Waals surface area (Å²) in [5.74, 6) is 0.311. The van der Waals surface area contributed by atoms with E-state index in [2.05, 4.69) is 10.3 Å². The molecule has 0 fully saturated rings. The average Bonchev–Trinajstić information content (AvgIpc) is 3.11. The van der Waals surface area contributed by atoms with E-state index in [9.17, 15) is 9.67 Å². The SMILES string of the molecule is CCOP(=O)(OCC)/C(=C/Nc1nccs1)c1cc(C)c(O)c(OC)c1. The van der Waals surface area contributed by atoms with Gasteiger partial charge in [0.25, 0.3) is 0 Å². The average molecular weight is 398 g/mol. The fourth-order valence-electron chi connectivity index (χ4n) is 2.31. The first kappa shape index (κ1) is 20.5. The molecule has 0 saturated carbocycles. The number of methoxy groups -OCH3 is 1. The number of aryl methyl sites for hydroxylation is 1. The predicted octanol–water partition coefficient (Wildman–Crippen LogP) is 4.84. The monoisotopic (exact) mass is 398 g/mol. The van der Waals surface area contributed by atoms with Crippen LogP contribution in [0.4, 0.5) is 5.13 Å². The van der Waals surface area contributed by atoms with Gasteiger partial charge < -0.3 is 24.2 Å². The Morgan fingerprint density at radius 2 is 2.04 bits per heavy atom. The summed E-state index contributed by atoms with van der Waals surface area (Å²) in [5, 5.41) is 15.9. The van der Waals surface area contributed by atoms with Crippen molar-refractivity contribution in [2.75, 3.05) is 25.6 Å². The van der Waals surface area contributed by atoms with Crippen molar-refractivity contribution < 1.29 is 23.5 Å². The lowest BCUT2D eigenvalue weighted by molar-refractivity contribution is 0.230. The highest BCUT2D eigenvalue weighted by Crippen LogP contribution is 2.61. The molecule has 1 aromatic heterocycles. The lowest BCUT2D eigenvalue weighted by Gasteiger charge is -2.21. The summed E-state index contributed by atoms with van der Waals surface area (Å²) in [5.41, 5.74) is 1.14. The van der Waals surface area contributed by atoms with Gasteiger partial charge in [-0.2, -0.15) is 0 Å². The van der Waals surface area contributed by atoms with Crippen molar-refractivity contribution in [3.05, 3.63) is 41.0 Å². The molecule has 1 aromatic carbocycles. The predicted molar refractivity (Wildman–Crippen MR) is 104 cm³/mol. The van der Waals surface area contributed by atoms with Gasteiger partial charge in [-0.25, -0.2) is 4.98 Å². The quantitative estimate of drug-likeness (QED) is 0.584. The van der Waals surface area contributed by atoms with Crippen LogP contribution in [0.3, 0.4) is 0 Å². The molecule has 0 aliphatic rings. The van der Waals surface area contributed by atoms with Gasteiger partial charge in [0.2, 0.25) is 0 Å². The third kappa shape index (κ3) is 4.65. The summed E-state index contributed by atoms with van der Waals surface area (Å²) in [7, 11) is -2.14. The number of hydrogen-bond acceptors (Lipinski definition) is 8. The molecular weight excluding hydrogens is 375 g/mol. The van der Waals surface area contributed by atoms with Crippen molar-refractivity contribution in [3.8, 4) is 11.5 Å². The van der Waals surface area contributed by atoms with E-state index in [-0.39, 0.29) is 24.7 Å². The maximum absolute atomic E-state index is 13.4.